The van der Waals surface area contributed by atoms with E-state index in [-0.39, 0.29) is 11.9 Å². The molecule has 2 aromatic rings. The van der Waals surface area contributed by atoms with Gasteiger partial charge in [0.05, 0.1) is 6.04 Å². The van der Waals surface area contributed by atoms with E-state index in [1.807, 2.05) is 24.4 Å². The lowest BCUT2D eigenvalue weighted by atomic mass is 10.2. The Kier molecular flexibility index (Phi) is 3.44. The van der Waals surface area contributed by atoms with Crippen molar-refractivity contribution in [3.63, 3.8) is 0 Å². The minimum absolute atomic E-state index is 0.0278. The summed E-state index contributed by atoms with van der Waals surface area (Å²) in [5, 5.41) is 4.95. The van der Waals surface area contributed by atoms with Crippen molar-refractivity contribution in [3.05, 3.63) is 52.2 Å². The zero-order chi connectivity index (χ0) is 12.3. The summed E-state index contributed by atoms with van der Waals surface area (Å²) in [7, 11) is 0. The van der Waals surface area contributed by atoms with Crippen molar-refractivity contribution in [2.45, 2.75) is 13.0 Å². The number of carbonyl (C=O) groups is 1. The Bertz CT molecular complexity index is 491. The molecule has 3 nitrogen and oxygen atoms in total. The molecule has 17 heavy (non-hydrogen) atoms. The number of anilines is 1. The van der Waals surface area contributed by atoms with Crippen LogP contribution in [0.5, 0.6) is 0 Å². The zero-order valence-corrected chi connectivity index (χ0v) is 10.3. The van der Waals surface area contributed by atoms with Crippen molar-refractivity contribution < 1.29 is 4.79 Å². The summed E-state index contributed by atoms with van der Waals surface area (Å²) in [5.41, 5.74) is 6.86. The van der Waals surface area contributed by atoms with Crippen molar-refractivity contribution in [3.8, 4) is 0 Å². The first-order chi connectivity index (χ1) is 8.16. The number of nitrogens with one attached hydrogen (secondary N) is 1. The number of carbonyl (C=O) groups excluding carboxylic acids is 1. The Morgan fingerprint density at radius 3 is 2.59 bits per heavy atom. The van der Waals surface area contributed by atoms with Gasteiger partial charge in [-0.3, -0.25) is 4.79 Å². The largest absolute Gasteiger partial charge is 0.399 e. The van der Waals surface area contributed by atoms with Crippen LogP contribution >= 0.6 is 11.3 Å². The van der Waals surface area contributed by atoms with Crippen LogP contribution in [0, 0.1) is 0 Å². The molecule has 3 N–H and O–H groups in total. The molecule has 0 aliphatic heterocycles. The molecule has 1 aromatic heterocycles. The van der Waals surface area contributed by atoms with Gasteiger partial charge in [0.15, 0.2) is 0 Å². The van der Waals surface area contributed by atoms with Gasteiger partial charge in [0.1, 0.15) is 0 Å². The van der Waals surface area contributed by atoms with Gasteiger partial charge in [-0.05, 0) is 42.6 Å². The molecular formula is C13H14N2OS. The number of amides is 1. The van der Waals surface area contributed by atoms with E-state index in [0.717, 1.165) is 4.88 Å². The van der Waals surface area contributed by atoms with Gasteiger partial charge in [-0.1, -0.05) is 6.07 Å². The number of nitrogens with two attached hydrogens (primary N) is 1. The van der Waals surface area contributed by atoms with E-state index in [1.165, 1.54) is 0 Å². The molecule has 0 saturated heterocycles. The van der Waals surface area contributed by atoms with Crippen molar-refractivity contribution in [2.75, 3.05) is 5.73 Å². The third kappa shape index (κ3) is 2.85. The second-order valence-electron chi connectivity index (χ2n) is 3.83. The molecule has 1 heterocycles. The van der Waals surface area contributed by atoms with Gasteiger partial charge in [-0.15, -0.1) is 11.3 Å². The topological polar surface area (TPSA) is 55.1 Å². The molecular weight excluding hydrogens is 232 g/mol. The van der Waals surface area contributed by atoms with Gasteiger partial charge in [0.25, 0.3) is 5.91 Å². The van der Waals surface area contributed by atoms with Gasteiger partial charge >= 0.3 is 0 Å². The molecule has 1 unspecified atom stereocenters. The molecule has 1 aromatic carbocycles. The van der Waals surface area contributed by atoms with Crippen LogP contribution in [-0.2, 0) is 0 Å². The van der Waals surface area contributed by atoms with Gasteiger partial charge in [0.2, 0.25) is 0 Å². The van der Waals surface area contributed by atoms with Crippen LogP contribution < -0.4 is 11.1 Å². The number of rotatable bonds is 3. The highest BCUT2D eigenvalue weighted by Crippen LogP contribution is 2.18. The van der Waals surface area contributed by atoms with Crippen LogP contribution in [0.4, 0.5) is 5.69 Å². The van der Waals surface area contributed by atoms with E-state index in [1.54, 1.807) is 35.6 Å². The fraction of sp³-hybridized carbons (Fsp3) is 0.154. The molecule has 2 rings (SSSR count). The highest BCUT2D eigenvalue weighted by molar-refractivity contribution is 7.10. The summed E-state index contributed by atoms with van der Waals surface area (Å²) in [5.74, 6) is -0.0779. The zero-order valence-electron chi connectivity index (χ0n) is 9.51. The van der Waals surface area contributed by atoms with E-state index in [2.05, 4.69) is 5.32 Å². The second kappa shape index (κ2) is 5.01. The summed E-state index contributed by atoms with van der Waals surface area (Å²) < 4.78 is 0. The van der Waals surface area contributed by atoms with Crippen molar-refractivity contribution in [1.82, 2.24) is 5.32 Å². The van der Waals surface area contributed by atoms with Gasteiger partial charge in [0, 0.05) is 16.1 Å². The highest BCUT2D eigenvalue weighted by atomic mass is 32.1. The Labute approximate surface area is 104 Å². The molecule has 0 aliphatic rings. The van der Waals surface area contributed by atoms with Gasteiger partial charge in [-0.25, -0.2) is 0 Å². The molecule has 1 atom stereocenters. The summed E-state index contributed by atoms with van der Waals surface area (Å²) in [4.78, 5) is 13.1. The minimum Gasteiger partial charge on any atom is -0.399 e. The maximum atomic E-state index is 11.9. The van der Waals surface area contributed by atoms with Crippen LogP contribution in [0.1, 0.15) is 28.2 Å². The van der Waals surface area contributed by atoms with Crippen LogP contribution in [-0.4, -0.2) is 5.91 Å². The first-order valence-corrected chi connectivity index (χ1v) is 6.24. The third-order valence-electron chi connectivity index (χ3n) is 2.49. The third-order valence-corrected chi connectivity index (χ3v) is 3.55. The molecule has 88 valence electrons. The molecule has 1 amide bonds. The first kappa shape index (κ1) is 11.7. The second-order valence-corrected chi connectivity index (χ2v) is 4.81. The van der Waals surface area contributed by atoms with Crippen molar-refractivity contribution in [2.24, 2.45) is 0 Å². The fourth-order valence-corrected chi connectivity index (χ4v) is 2.26. The van der Waals surface area contributed by atoms with Crippen LogP contribution in [0.15, 0.2) is 41.8 Å². The molecule has 0 aliphatic carbocycles. The summed E-state index contributed by atoms with van der Waals surface area (Å²) >= 11 is 1.64. The number of nitrogen functional groups attached to an aromatic ring is 1. The molecule has 0 spiro atoms. The lowest BCUT2D eigenvalue weighted by Crippen LogP contribution is -2.26. The maximum absolute atomic E-state index is 11.9. The van der Waals surface area contributed by atoms with E-state index in [0.29, 0.717) is 11.3 Å². The van der Waals surface area contributed by atoms with Crippen molar-refractivity contribution in [1.29, 1.82) is 0 Å². The fourth-order valence-electron chi connectivity index (χ4n) is 1.52. The van der Waals surface area contributed by atoms with Gasteiger partial charge in [-0.2, -0.15) is 0 Å². The van der Waals surface area contributed by atoms with E-state index in [9.17, 15) is 4.79 Å². The number of hydrogen-bond donors (Lipinski definition) is 2. The predicted octanol–water partition coefficient (Wildman–Crippen LogP) is 2.82. The first-order valence-electron chi connectivity index (χ1n) is 5.36. The standard InChI is InChI=1S/C13H14N2OS/c1-9(12-3-2-8-17-12)15-13(16)10-4-6-11(14)7-5-10/h2-9H,14H2,1H3,(H,15,16). The summed E-state index contributed by atoms with van der Waals surface area (Å²) in [6.45, 7) is 1.97. The Hall–Kier alpha value is -1.81. The Balaban J connectivity index is 2.04. The minimum atomic E-state index is -0.0779. The maximum Gasteiger partial charge on any atom is 0.251 e. The Morgan fingerprint density at radius 2 is 2.00 bits per heavy atom. The molecule has 4 heteroatoms. The molecule has 0 radical (unpaired) electrons. The van der Waals surface area contributed by atoms with E-state index >= 15 is 0 Å². The number of thiophene rings is 1. The quantitative estimate of drug-likeness (QED) is 0.818. The van der Waals surface area contributed by atoms with Crippen LogP contribution in [0.2, 0.25) is 0 Å². The normalized spacial score (nSPS) is 12.1. The Morgan fingerprint density at radius 1 is 1.29 bits per heavy atom. The van der Waals surface area contributed by atoms with Crippen molar-refractivity contribution >= 4 is 22.9 Å². The summed E-state index contributed by atoms with van der Waals surface area (Å²) in [6, 6.07) is 10.9. The van der Waals surface area contributed by atoms with Crippen LogP contribution in [0.25, 0.3) is 0 Å². The monoisotopic (exact) mass is 246 g/mol. The molecule has 0 bridgehead atoms. The van der Waals surface area contributed by atoms with Gasteiger partial charge < -0.3 is 11.1 Å². The molecule has 0 fully saturated rings. The average Bonchev–Trinajstić information content (AvgIpc) is 2.83. The lowest BCUT2D eigenvalue weighted by molar-refractivity contribution is 0.0940. The highest BCUT2D eigenvalue weighted by Gasteiger charge is 2.11. The smallest absolute Gasteiger partial charge is 0.251 e. The summed E-state index contributed by atoms with van der Waals surface area (Å²) in [6.07, 6.45) is 0. The SMILES string of the molecule is CC(NC(=O)c1ccc(N)cc1)c1cccs1. The van der Waals surface area contributed by atoms with E-state index in [4.69, 9.17) is 5.73 Å². The molecule has 0 saturated carbocycles. The van der Waals surface area contributed by atoms with E-state index < -0.39 is 0 Å². The van der Waals surface area contributed by atoms with Crippen LogP contribution in [0.3, 0.4) is 0 Å². The number of benzene rings is 1. The number of hydrogen-bond acceptors (Lipinski definition) is 3. The predicted molar refractivity (Wildman–Crippen MR) is 71.1 cm³/mol. The lowest BCUT2D eigenvalue weighted by Gasteiger charge is -2.12. The average molecular weight is 246 g/mol.